The summed E-state index contributed by atoms with van der Waals surface area (Å²) < 4.78 is 42.3. The molecule has 1 saturated heterocycles. The van der Waals surface area contributed by atoms with E-state index in [1.165, 1.54) is 6.07 Å². The number of aromatic nitrogens is 1. The van der Waals surface area contributed by atoms with Crippen molar-refractivity contribution < 1.29 is 23.4 Å². The van der Waals surface area contributed by atoms with Gasteiger partial charge in [0.15, 0.2) is 11.7 Å². The number of rotatable bonds is 5. The average molecular weight is 533 g/mol. The van der Waals surface area contributed by atoms with Crippen LogP contribution in [0.15, 0.2) is 71.2 Å². The second kappa shape index (κ2) is 10.4. The molecule has 194 valence electrons. The quantitative estimate of drug-likeness (QED) is 0.307. The van der Waals surface area contributed by atoms with Gasteiger partial charge in [-0.2, -0.15) is 0 Å². The Morgan fingerprint density at radius 3 is 2.34 bits per heavy atom. The van der Waals surface area contributed by atoms with Crippen molar-refractivity contribution in [1.29, 1.82) is 0 Å². The van der Waals surface area contributed by atoms with Crippen molar-refractivity contribution in [2.75, 3.05) is 13.2 Å². The van der Waals surface area contributed by atoms with E-state index in [0.717, 1.165) is 21.7 Å². The number of aliphatic hydroxyl groups is 1. The topological polar surface area (TPSA) is 63.9 Å². The third-order valence-corrected chi connectivity index (χ3v) is 7.99. The maximum Gasteiger partial charge on any atom is 0.193 e. The van der Waals surface area contributed by atoms with Gasteiger partial charge >= 0.3 is 0 Å². The summed E-state index contributed by atoms with van der Waals surface area (Å²) in [6.07, 6.45) is 2.26. The fourth-order valence-corrected chi connectivity index (χ4v) is 5.76. The van der Waals surface area contributed by atoms with Crippen molar-refractivity contribution in [1.82, 2.24) is 4.98 Å². The fourth-order valence-electron chi connectivity index (χ4n) is 5.11. The summed E-state index contributed by atoms with van der Waals surface area (Å²) in [5, 5.41) is 12.3. The Bertz CT molecular complexity index is 1470. The van der Waals surface area contributed by atoms with Crippen LogP contribution in [0.4, 0.5) is 14.5 Å². The van der Waals surface area contributed by atoms with Crippen LogP contribution in [-0.2, 0) is 15.9 Å². The van der Waals surface area contributed by atoms with Gasteiger partial charge in [-0.15, -0.1) is 11.3 Å². The standard InChI is InChI=1S/C30H26F2N2O3S/c1-17-12-23(16-36-25(17)15-35)37-26-14-22-13-24(31)27(28(32)29(22)34-26)20-6-2-18(3-7-20)19-4-8-21(9-5-19)30-33-10-11-38-30/h2-11,13,17,23,25,35H,12,14-16H2,1H3/t17-,23+,25+/m0/s1. The third kappa shape index (κ3) is 4.75. The highest BCUT2D eigenvalue weighted by atomic mass is 32.1. The summed E-state index contributed by atoms with van der Waals surface area (Å²) in [6, 6.07) is 16.6. The second-order valence-electron chi connectivity index (χ2n) is 9.74. The van der Waals surface area contributed by atoms with E-state index in [1.807, 2.05) is 48.7 Å². The molecule has 0 bridgehead atoms. The molecule has 1 aromatic heterocycles. The highest BCUT2D eigenvalue weighted by molar-refractivity contribution is 7.13. The number of ether oxygens (including phenoxy) is 2. The Balaban J connectivity index is 1.21. The van der Waals surface area contributed by atoms with Crippen LogP contribution in [-0.4, -0.2) is 41.4 Å². The van der Waals surface area contributed by atoms with E-state index in [1.54, 1.807) is 29.7 Å². The zero-order valence-corrected chi connectivity index (χ0v) is 21.6. The van der Waals surface area contributed by atoms with E-state index in [9.17, 15) is 5.11 Å². The molecule has 5 nitrogen and oxygen atoms in total. The molecule has 3 atom stereocenters. The SMILES string of the molecule is C[C@H]1C[C@@H](OC2=Nc3c(cc(F)c(-c4ccc(-c5ccc(-c6nccs6)cc5)cc4)c3F)C2)CO[C@@H]1CO. The van der Waals surface area contributed by atoms with Gasteiger partial charge in [-0.3, -0.25) is 0 Å². The van der Waals surface area contributed by atoms with Gasteiger partial charge in [0.05, 0.1) is 31.3 Å². The molecule has 1 N–H and O–H groups in total. The van der Waals surface area contributed by atoms with Gasteiger partial charge in [0.2, 0.25) is 0 Å². The van der Waals surface area contributed by atoms with Crippen LogP contribution in [0.25, 0.3) is 32.8 Å². The number of aliphatic hydroxyl groups excluding tert-OH is 1. The number of nitrogens with zero attached hydrogens (tertiary/aromatic N) is 2. The van der Waals surface area contributed by atoms with Crippen molar-refractivity contribution >= 4 is 22.9 Å². The molecule has 0 amide bonds. The van der Waals surface area contributed by atoms with Crippen LogP contribution in [0.3, 0.4) is 0 Å². The van der Waals surface area contributed by atoms with E-state index in [0.29, 0.717) is 30.1 Å². The predicted octanol–water partition coefficient (Wildman–Crippen LogP) is 6.81. The van der Waals surface area contributed by atoms with Crippen LogP contribution in [0.2, 0.25) is 0 Å². The molecule has 0 saturated carbocycles. The molecule has 3 heterocycles. The minimum absolute atomic E-state index is 0.0336. The third-order valence-electron chi connectivity index (χ3n) is 7.17. The lowest BCUT2D eigenvalue weighted by molar-refractivity contribution is -0.0978. The van der Waals surface area contributed by atoms with E-state index in [-0.39, 0.29) is 42.4 Å². The summed E-state index contributed by atoms with van der Waals surface area (Å²) in [6.45, 7) is 2.28. The number of aliphatic imine (C=N–C) groups is 1. The monoisotopic (exact) mass is 532 g/mol. The summed E-state index contributed by atoms with van der Waals surface area (Å²) in [4.78, 5) is 8.71. The molecule has 38 heavy (non-hydrogen) atoms. The summed E-state index contributed by atoms with van der Waals surface area (Å²) in [7, 11) is 0. The molecule has 4 aromatic rings. The van der Waals surface area contributed by atoms with Crippen LogP contribution >= 0.6 is 11.3 Å². The van der Waals surface area contributed by atoms with E-state index in [2.05, 4.69) is 9.98 Å². The van der Waals surface area contributed by atoms with E-state index >= 15 is 8.78 Å². The lowest BCUT2D eigenvalue weighted by Gasteiger charge is -2.33. The molecular formula is C30H26F2N2O3S. The minimum Gasteiger partial charge on any atom is -0.475 e. The first-order valence-electron chi connectivity index (χ1n) is 12.6. The molecule has 2 aliphatic rings. The fraction of sp³-hybridized carbons (Fsp3) is 0.267. The highest BCUT2D eigenvalue weighted by Gasteiger charge is 2.32. The van der Waals surface area contributed by atoms with Crippen LogP contribution in [0, 0.1) is 17.6 Å². The lowest BCUT2D eigenvalue weighted by atomic mass is 9.95. The number of halogens is 2. The van der Waals surface area contributed by atoms with Gasteiger partial charge in [-0.25, -0.2) is 18.8 Å². The average Bonchev–Trinajstić information content (AvgIpc) is 3.60. The van der Waals surface area contributed by atoms with Crippen LogP contribution < -0.4 is 0 Å². The maximum atomic E-state index is 15.6. The van der Waals surface area contributed by atoms with Gasteiger partial charge in [0.1, 0.15) is 22.6 Å². The normalized spacial score (nSPS) is 20.7. The first kappa shape index (κ1) is 24.9. The zero-order valence-electron chi connectivity index (χ0n) is 20.7. The van der Waals surface area contributed by atoms with Crippen molar-refractivity contribution in [3.05, 3.63) is 83.4 Å². The molecule has 0 unspecified atom stereocenters. The number of thiazole rings is 1. The van der Waals surface area contributed by atoms with Gasteiger partial charge in [0.25, 0.3) is 0 Å². The number of fused-ring (bicyclic) bond motifs is 1. The van der Waals surface area contributed by atoms with Crippen molar-refractivity contribution in [3.63, 3.8) is 0 Å². The first-order valence-corrected chi connectivity index (χ1v) is 13.5. The molecule has 0 spiro atoms. The zero-order chi connectivity index (χ0) is 26.2. The van der Waals surface area contributed by atoms with Gasteiger partial charge in [-0.1, -0.05) is 55.5 Å². The molecule has 2 aliphatic heterocycles. The Morgan fingerprint density at radius 2 is 1.71 bits per heavy atom. The highest BCUT2D eigenvalue weighted by Crippen LogP contribution is 2.39. The summed E-state index contributed by atoms with van der Waals surface area (Å²) in [5.41, 5.74) is 3.93. The Morgan fingerprint density at radius 1 is 1.03 bits per heavy atom. The molecular weight excluding hydrogens is 506 g/mol. The largest absolute Gasteiger partial charge is 0.475 e. The van der Waals surface area contributed by atoms with Crippen molar-refractivity contribution in [2.45, 2.75) is 32.0 Å². The first-order chi connectivity index (χ1) is 18.5. The molecule has 3 aromatic carbocycles. The van der Waals surface area contributed by atoms with Gasteiger partial charge < -0.3 is 14.6 Å². The smallest absolute Gasteiger partial charge is 0.193 e. The van der Waals surface area contributed by atoms with Gasteiger partial charge in [0, 0.05) is 17.1 Å². The Hall–Kier alpha value is -3.46. The molecule has 8 heteroatoms. The van der Waals surface area contributed by atoms with E-state index < -0.39 is 11.6 Å². The molecule has 0 radical (unpaired) electrons. The minimum atomic E-state index is -0.687. The number of benzene rings is 3. The maximum absolute atomic E-state index is 15.6. The van der Waals surface area contributed by atoms with Gasteiger partial charge in [-0.05, 0) is 40.7 Å². The number of hydrogen-bond donors (Lipinski definition) is 1. The predicted molar refractivity (Wildman–Crippen MR) is 145 cm³/mol. The molecule has 1 fully saturated rings. The molecule has 0 aliphatic carbocycles. The molecule has 6 rings (SSSR count). The van der Waals surface area contributed by atoms with E-state index in [4.69, 9.17) is 9.47 Å². The summed E-state index contributed by atoms with van der Waals surface area (Å²) in [5.74, 6) is -0.829. The lowest BCUT2D eigenvalue weighted by Crippen LogP contribution is -2.40. The van der Waals surface area contributed by atoms with Crippen LogP contribution in [0.1, 0.15) is 18.9 Å². The van der Waals surface area contributed by atoms with Crippen molar-refractivity contribution in [3.8, 4) is 32.8 Å². The Labute approximate surface area is 223 Å². The Kier molecular flexibility index (Phi) is 6.78. The number of hydrogen-bond acceptors (Lipinski definition) is 6. The summed E-state index contributed by atoms with van der Waals surface area (Å²) >= 11 is 1.58. The second-order valence-corrected chi connectivity index (χ2v) is 10.6. The van der Waals surface area contributed by atoms with Crippen molar-refractivity contribution in [2.24, 2.45) is 10.9 Å². The van der Waals surface area contributed by atoms with Crippen LogP contribution in [0.5, 0.6) is 0 Å².